The summed E-state index contributed by atoms with van der Waals surface area (Å²) in [5.74, 6) is -1.44. The first-order valence-electron chi connectivity index (χ1n) is 12.3. The first-order chi connectivity index (χ1) is 15.7. The highest BCUT2D eigenvalue weighted by Gasteiger charge is 2.59. The number of alkyl carbamates (subject to hydrolysis) is 1. The van der Waals surface area contributed by atoms with Crippen LogP contribution in [0.4, 0.5) is 4.79 Å². The molecule has 0 bridgehead atoms. The number of aromatic nitrogens is 1. The van der Waals surface area contributed by atoms with E-state index in [-0.39, 0.29) is 12.3 Å². The smallest absolute Gasteiger partial charge is 0.407 e. The van der Waals surface area contributed by atoms with Gasteiger partial charge in [-0.25, -0.2) is 9.59 Å². The van der Waals surface area contributed by atoms with Crippen molar-refractivity contribution >= 4 is 17.6 Å². The fourth-order valence-electron chi connectivity index (χ4n) is 4.74. The SMILES string of the molecule is Cc1cnc(C[C@]2([C@H](CC(C)C)NC(=O)OC(C)(C)C)OC(C)(C)OC2=O)cc1C1=CCCC1. The molecular weight excluding hydrogens is 432 g/mol. The van der Waals surface area contributed by atoms with Crippen molar-refractivity contribution < 1.29 is 23.8 Å². The van der Waals surface area contributed by atoms with Crippen molar-refractivity contribution in [2.24, 2.45) is 5.92 Å². The van der Waals surface area contributed by atoms with Crippen LogP contribution in [-0.2, 0) is 25.4 Å². The summed E-state index contributed by atoms with van der Waals surface area (Å²) in [6.07, 6.45) is 7.49. The molecule has 2 aliphatic rings. The molecule has 3 rings (SSSR count). The number of nitrogens with one attached hydrogen (secondary N) is 1. The Labute approximate surface area is 203 Å². The largest absolute Gasteiger partial charge is 0.444 e. The maximum absolute atomic E-state index is 13.4. The number of carbonyl (C=O) groups excluding carboxylic acids is 2. The van der Waals surface area contributed by atoms with Gasteiger partial charge in [-0.3, -0.25) is 4.98 Å². The van der Waals surface area contributed by atoms with Gasteiger partial charge in [0.05, 0.1) is 6.04 Å². The summed E-state index contributed by atoms with van der Waals surface area (Å²) < 4.78 is 17.5. The topological polar surface area (TPSA) is 86.8 Å². The van der Waals surface area contributed by atoms with Gasteiger partial charge in [0.2, 0.25) is 5.79 Å². The minimum Gasteiger partial charge on any atom is -0.444 e. The highest BCUT2D eigenvalue weighted by atomic mass is 16.8. The molecule has 0 spiro atoms. The summed E-state index contributed by atoms with van der Waals surface area (Å²) in [5, 5.41) is 2.93. The summed E-state index contributed by atoms with van der Waals surface area (Å²) in [5.41, 5.74) is 2.21. The number of carbonyl (C=O) groups is 2. The van der Waals surface area contributed by atoms with Crippen LogP contribution >= 0.6 is 0 Å². The molecule has 1 fully saturated rings. The highest BCUT2D eigenvalue weighted by molar-refractivity contribution is 5.84. The molecule has 0 radical (unpaired) electrons. The number of hydrogen-bond donors (Lipinski definition) is 1. The van der Waals surface area contributed by atoms with Crippen molar-refractivity contribution in [1.29, 1.82) is 0 Å². The fraction of sp³-hybridized carbons (Fsp3) is 0.667. The molecule has 1 aromatic heterocycles. The standard InChI is InChI=1S/C27H40N2O5/c1-17(2)13-22(29-24(31)33-25(4,5)6)27(23(30)32-26(7,8)34-27)15-20-14-21(18(3)16-28-20)19-11-9-10-12-19/h11,14,16-17,22H,9-10,12-13,15H2,1-8H3,(H,29,31)/t22-,27+/m0/s1. The second-order valence-electron chi connectivity index (χ2n) is 11.4. The molecule has 1 aromatic rings. The zero-order valence-corrected chi connectivity index (χ0v) is 21.9. The van der Waals surface area contributed by atoms with Crippen LogP contribution in [0.1, 0.15) is 91.0 Å². The number of cyclic esters (lactones) is 1. The lowest BCUT2D eigenvalue weighted by Gasteiger charge is -2.36. The molecule has 7 nitrogen and oxygen atoms in total. The molecule has 7 heteroatoms. The van der Waals surface area contributed by atoms with Crippen LogP contribution in [0.3, 0.4) is 0 Å². The number of hydrogen-bond acceptors (Lipinski definition) is 6. The Kier molecular flexibility index (Phi) is 7.46. The predicted octanol–water partition coefficient (Wildman–Crippen LogP) is 5.49. The van der Waals surface area contributed by atoms with Crippen molar-refractivity contribution in [3.05, 3.63) is 35.2 Å². The van der Waals surface area contributed by atoms with Crippen molar-refractivity contribution in [1.82, 2.24) is 10.3 Å². The van der Waals surface area contributed by atoms with Crippen LogP contribution < -0.4 is 5.32 Å². The van der Waals surface area contributed by atoms with Gasteiger partial charge in [0.25, 0.3) is 0 Å². The van der Waals surface area contributed by atoms with E-state index in [9.17, 15) is 9.59 Å². The van der Waals surface area contributed by atoms with Gasteiger partial charge < -0.3 is 19.5 Å². The Balaban J connectivity index is 2.01. The Morgan fingerprint density at radius 2 is 2.00 bits per heavy atom. The number of rotatable bonds is 7. The number of ether oxygens (including phenoxy) is 3. The normalized spacial score (nSPS) is 23.0. The molecule has 1 N–H and O–H groups in total. The van der Waals surface area contributed by atoms with Crippen LogP contribution in [0.2, 0.25) is 0 Å². The van der Waals surface area contributed by atoms with Crippen LogP contribution in [0, 0.1) is 12.8 Å². The molecular formula is C27H40N2O5. The van der Waals surface area contributed by atoms with Gasteiger partial charge in [-0.1, -0.05) is 19.9 Å². The minimum atomic E-state index is -1.42. The second kappa shape index (κ2) is 9.68. The molecule has 1 amide bonds. The van der Waals surface area contributed by atoms with Gasteiger partial charge in [-0.05, 0) is 82.1 Å². The second-order valence-corrected chi connectivity index (χ2v) is 11.4. The third kappa shape index (κ3) is 6.17. The molecule has 2 atom stereocenters. The third-order valence-electron chi connectivity index (χ3n) is 6.06. The van der Waals surface area contributed by atoms with E-state index in [0.29, 0.717) is 6.42 Å². The maximum atomic E-state index is 13.4. The zero-order valence-electron chi connectivity index (χ0n) is 21.9. The van der Waals surface area contributed by atoms with Crippen molar-refractivity contribution in [3.63, 3.8) is 0 Å². The van der Waals surface area contributed by atoms with E-state index < -0.39 is 35.1 Å². The fourth-order valence-corrected chi connectivity index (χ4v) is 4.74. The van der Waals surface area contributed by atoms with E-state index in [1.54, 1.807) is 34.6 Å². The van der Waals surface area contributed by atoms with Gasteiger partial charge in [0, 0.05) is 32.2 Å². The molecule has 0 unspecified atom stereocenters. The van der Waals surface area contributed by atoms with Crippen LogP contribution in [-0.4, -0.2) is 40.1 Å². The summed E-state index contributed by atoms with van der Waals surface area (Å²) in [6.45, 7) is 15.0. The summed E-state index contributed by atoms with van der Waals surface area (Å²) in [6, 6.07) is 1.39. The monoisotopic (exact) mass is 472 g/mol. The number of nitrogens with zero attached hydrogens (tertiary/aromatic N) is 1. The number of pyridine rings is 1. The number of amides is 1. The first kappa shape index (κ1) is 26.2. The molecule has 2 heterocycles. The molecule has 1 saturated heterocycles. The van der Waals surface area contributed by atoms with Gasteiger partial charge in [0.1, 0.15) is 5.60 Å². The number of esters is 1. The number of aryl methyl sites for hydroxylation is 1. The average molecular weight is 473 g/mol. The number of allylic oxidation sites excluding steroid dienone is 2. The Morgan fingerprint density at radius 3 is 2.53 bits per heavy atom. The van der Waals surface area contributed by atoms with Gasteiger partial charge in [-0.15, -0.1) is 0 Å². The van der Waals surface area contributed by atoms with E-state index >= 15 is 0 Å². The van der Waals surface area contributed by atoms with Gasteiger partial charge in [-0.2, -0.15) is 0 Å². The van der Waals surface area contributed by atoms with Crippen molar-refractivity contribution in [3.8, 4) is 0 Å². The van der Waals surface area contributed by atoms with Gasteiger partial charge in [0.15, 0.2) is 5.60 Å². The predicted molar refractivity (Wildman–Crippen MR) is 131 cm³/mol. The molecule has 0 saturated carbocycles. The summed E-state index contributed by atoms with van der Waals surface area (Å²) >= 11 is 0. The zero-order chi connectivity index (χ0) is 25.3. The lowest BCUT2D eigenvalue weighted by molar-refractivity contribution is -0.170. The van der Waals surface area contributed by atoms with Gasteiger partial charge >= 0.3 is 12.1 Å². The average Bonchev–Trinajstić information content (AvgIpc) is 3.27. The lowest BCUT2D eigenvalue weighted by atomic mass is 9.83. The van der Waals surface area contributed by atoms with E-state index in [4.69, 9.17) is 14.2 Å². The third-order valence-corrected chi connectivity index (χ3v) is 6.06. The Bertz CT molecular complexity index is 960. The first-order valence-corrected chi connectivity index (χ1v) is 12.3. The highest BCUT2D eigenvalue weighted by Crippen LogP contribution is 2.40. The minimum absolute atomic E-state index is 0.183. The van der Waals surface area contributed by atoms with E-state index in [0.717, 1.165) is 36.1 Å². The van der Waals surface area contributed by atoms with E-state index in [2.05, 4.69) is 29.4 Å². The Hall–Kier alpha value is -2.41. The van der Waals surface area contributed by atoms with Crippen LogP contribution in [0.15, 0.2) is 18.3 Å². The van der Waals surface area contributed by atoms with Crippen LogP contribution in [0.25, 0.3) is 5.57 Å². The maximum Gasteiger partial charge on any atom is 0.407 e. The molecule has 0 aromatic carbocycles. The lowest BCUT2D eigenvalue weighted by Crippen LogP contribution is -2.59. The molecule has 188 valence electrons. The van der Waals surface area contributed by atoms with E-state index in [1.807, 2.05) is 20.0 Å². The van der Waals surface area contributed by atoms with Crippen molar-refractivity contribution in [2.45, 2.75) is 111 Å². The van der Waals surface area contributed by atoms with Crippen molar-refractivity contribution in [2.75, 3.05) is 0 Å². The van der Waals surface area contributed by atoms with Crippen LogP contribution in [0.5, 0.6) is 0 Å². The summed E-state index contributed by atoms with van der Waals surface area (Å²) in [4.78, 5) is 30.9. The molecule has 34 heavy (non-hydrogen) atoms. The molecule has 1 aliphatic heterocycles. The quantitative estimate of drug-likeness (QED) is 0.528. The Morgan fingerprint density at radius 1 is 1.29 bits per heavy atom. The molecule has 1 aliphatic carbocycles. The summed E-state index contributed by atoms with van der Waals surface area (Å²) in [7, 11) is 0. The van der Waals surface area contributed by atoms with E-state index in [1.165, 1.54) is 5.57 Å².